The third kappa shape index (κ3) is 4.06. The zero-order chi connectivity index (χ0) is 14.6. The molecule has 1 rings (SSSR count). The number of hydrogen-bond donors (Lipinski definition) is 0. The van der Waals surface area contributed by atoms with Crippen LogP contribution in [0.4, 0.5) is 4.39 Å². The van der Waals surface area contributed by atoms with E-state index in [9.17, 15) is 14.0 Å². The number of ketones is 1. The number of rotatable bonds is 5. The topological polar surface area (TPSA) is 43.4 Å². The lowest BCUT2D eigenvalue weighted by atomic mass is 10.1. The van der Waals surface area contributed by atoms with Crippen molar-refractivity contribution >= 4 is 46.6 Å². The molecular formula is C12H10Cl3FO3. The van der Waals surface area contributed by atoms with Crippen LogP contribution in [0.5, 0.6) is 0 Å². The van der Waals surface area contributed by atoms with Gasteiger partial charge in [0.2, 0.25) is 5.78 Å². The Morgan fingerprint density at radius 1 is 1.26 bits per heavy atom. The highest BCUT2D eigenvalue weighted by atomic mass is 35.5. The summed E-state index contributed by atoms with van der Waals surface area (Å²) in [5.74, 6) is -2.40. The maximum atomic E-state index is 13.7. The van der Waals surface area contributed by atoms with Crippen LogP contribution in [0, 0.1) is 0 Å². The molecule has 1 unspecified atom stereocenters. The van der Waals surface area contributed by atoms with Crippen LogP contribution in [-0.4, -0.2) is 24.5 Å². The van der Waals surface area contributed by atoms with Crippen molar-refractivity contribution in [2.45, 2.75) is 19.5 Å². The van der Waals surface area contributed by atoms with Gasteiger partial charge >= 0.3 is 5.97 Å². The van der Waals surface area contributed by atoms with E-state index in [1.807, 2.05) is 0 Å². The van der Waals surface area contributed by atoms with Gasteiger partial charge < -0.3 is 4.74 Å². The molecule has 0 bridgehead atoms. The van der Waals surface area contributed by atoms with Crippen LogP contribution in [0.3, 0.4) is 0 Å². The molecule has 0 aliphatic carbocycles. The van der Waals surface area contributed by atoms with Gasteiger partial charge in [-0.25, -0.2) is 9.18 Å². The molecule has 1 atom stereocenters. The van der Waals surface area contributed by atoms with Crippen LogP contribution >= 0.6 is 34.8 Å². The van der Waals surface area contributed by atoms with Crippen molar-refractivity contribution in [3.63, 3.8) is 0 Å². The van der Waals surface area contributed by atoms with Crippen LogP contribution in [0.1, 0.15) is 23.7 Å². The molecule has 104 valence electrons. The minimum absolute atomic E-state index is 0.0363. The normalized spacial score (nSPS) is 12.1. The lowest BCUT2D eigenvalue weighted by molar-refractivity contribution is -0.147. The number of alkyl halides is 1. The highest BCUT2D eigenvalue weighted by Crippen LogP contribution is 2.30. The van der Waals surface area contributed by atoms with Crippen molar-refractivity contribution in [2.75, 3.05) is 6.61 Å². The van der Waals surface area contributed by atoms with Crippen LogP contribution in [-0.2, 0) is 9.53 Å². The van der Waals surface area contributed by atoms with Crippen LogP contribution < -0.4 is 0 Å². The van der Waals surface area contributed by atoms with E-state index < -0.39 is 17.9 Å². The zero-order valence-corrected chi connectivity index (χ0v) is 12.2. The monoisotopic (exact) mass is 326 g/mol. The lowest BCUT2D eigenvalue weighted by Gasteiger charge is -2.10. The molecule has 0 heterocycles. The Labute approximate surface area is 124 Å². The van der Waals surface area contributed by atoms with E-state index in [4.69, 9.17) is 34.8 Å². The highest BCUT2D eigenvalue weighted by Gasteiger charge is 2.31. The minimum atomic E-state index is -2.46. The van der Waals surface area contributed by atoms with Crippen molar-refractivity contribution in [1.82, 2.24) is 0 Å². The Balaban J connectivity index is 2.97. The number of carbonyl (C=O) groups excluding carboxylic acids is 2. The van der Waals surface area contributed by atoms with Gasteiger partial charge in [-0.15, -0.1) is 0 Å². The molecule has 0 amide bonds. The smallest absolute Gasteiger partial charge is 0.349 e. The van der Waals surface area contributed by atoms with Gasteiger partial charge in [-0.3, -0.25) is 4.79 Å². The Kier molecular flexibility index (Phi) is 6.04. The van der Waals surface area contributed by atoms with Gasteiger partial charge in [-0.2, -0.15) is 0 Å². The molecular weight excluding hydrogens is 317 g/mol. The summed E-state index contributed by atoms with van der Waals surface area (Å²) in [5.41, 5.74) is -0.284. The van der Waals surface area contributed by atoms with Crippen LogP contribution in [0.2, 0.25) is 15.1 Å². The maximum absolute atomic E-state index is 13.7. The number of ether oxygens (including phenoxy) is 1. The van der Waals surface area contributed by atoms with Gasteiger partial charge in [-0.05, 0) is 18.6 Å². The first-order valence-electron chi connectivity index (χ1n) is 5.38. The summed E-state index contributed by atoms with van der Waals surface area (Å²) in [6.07, 6.45) is -1.93. The molecule has 0 spiro atoms. The number of Topliss-reactive ketones (excluding diaryl/α,β-unsaturated/α-hetero) is 1. The van der Waals surface area contributed by atoms with Gasteiger partial charge in [0.1, 0.15) is 0 Å². The molecule has 1 aromatic rings. The molecule has 0 aliphatic heterocycles. The fourth-order valence-electron chi connectivity index (χ4n) is 1.29. The van der Waals surface area contributed by atoms with E-state index in [0.29, 0.717) is 6.42 Å². The van der Waals surface area contributed by atoms with Gasteiger partial charge in [-0.1, -0.05) is 41.7 Å². The first kappa shape index (κ1) is 16.2. The third-order valence-corrected chi connectivity index (χ3v) is 2.95. The van der Waals surface area contributed by atoms with E-state index in [0.717, 1.165) is 0 Å². The quantitative estimate of drug-likeness (QED) is 0.464. The van der Waals surface area contributed by atoms with E-state index in [1.165, 1.54) is 12.1 Å². The number of esters is 1. The Morgan fingerprint density at radius 3 is 2.26 bits per heavy atom. The Morgan fingerprint density at radius 2 is 1.79 bits per heavy atom. The summed E-state index contributed by atoms with van der Waals surface area (Å²) < 4.78 is 18.2. The van der Waals surface area contributed by atoms with E-state index >= 15 is 0 Å². The van der Waals surface area contributed by atoms with Gasteiger partial charge in [0.15, 0.2) is 0 Å². The average Bonchev–Trinajstić information content (AvgIpc) is 2.33. The summed E-state index contributed by atoms with van der Waals surface area (Å²) in [5, 5.41) is -0.0302. The second-order valence-electron chi connectivity index (χ2n) is 3.64. The third-order valence-electron chi connectivity index (χ3n) is 2.14. The van der Waals surface area contributed by atoms with Gasteiger partial charge in [0.05, 0.1) is 22.2 Å². The van der Waals surface area contributed by atoms with Crippen LogP contribution in [0.15, 0.2) is 12.1 Å². The molecule has 0 saturated heterocycles. The molecule has 3 nitrogen and oxygen atoms in total. The number of halogens is 4. The predicted molar refractivity (Wildman–Crippen MR) is 71.9 cm³/mol. The van der Waals surface area contributed by atoms with Crippen molar-refractivity contribution in [3.05, 3.63) is 32.8 Å². The first-order chi connectivity index (χ1) is 8.88. The molecule has 7 heteroatoms. The SMILES string of the molecule is CCCOC(=O)C(F)C(=O)c1c(Cl)cc(Cl)cc1Cl. The highest BCUT2D eigenvalue weighted by molar-refractivity contribution is 6.43. The summed E-state index contributed by atoms with van der Waals surface area (Å²) in [7, 11) is 0. The van der Waals surface area contributed by atoms with Gasteiger partial charge in [0, 0.05) is 5.02 Å². The zero-order valence-electron chi connectivity index (χ0n) is 9.88. The summed E-state index contributed by atoms with van der Waals surface area (Å²) in [6.45, 7) is 1.78. The van der Waals surface area contributed by atoms with E-state index in [2.05, 4.69) is 4.74 Å². The van der Waals surface area contributed by atoms with E-state index in [-0.39, 0.29) is 27.2 Å². The Hall–Kier alpha value is -0.840. The molecule has 19 heavy (non-hydrogen) atoms. The molecule has 0 aromatic heterocycles. The minimum Gasteiger partial charge on any atom is -0.463 e. The molecule has 0 aliphatic rings. The maximum Gasteiger partial charge on any atom is 0.349 e. The summed E-state index contributed by atoms with van der Waals surface area (Å²) in [4.78, 5) is 23.1. The predicted octanol–water partition coefficient (Wildman–Crippen LogP) is 4.12. The summed E-state index contributed by atoms with van der Waals surface area (Å²) >= 11 is 17.2. The van der Waals surface area contributed by atoms with Crippen molar-refractivity contribution in [1.29, 1.82) is 0 Å². The number of benzene rings is 1. The van der Waals surface area contributed by atoms with Crippen LogP contribution in [0.25, 0.3) is 0 Å². The Bertz CT molecular complexity index is 482. The number of hydrogen-bond acceptors (Lipinski definition) is 3. The average molecular weight is 328 g/mol. The molecule has 0 radical (unpaired) electrons. The first-order valence-corrected chi connectivity index (χ1v) is 6.51. The van der Waals surface area contributed by atoms with E-state index in [1.54, 1.807) is 6.92 Å². The van der Waals surface area contributed by atoms with Crippen molar-refractivity contribution in [3.8, 4) is 0 Å². The molecule has 1 aromatic carbocycles. The second kappa shape index (κ2) is 7.08. The fraction of sp³-hybridized carbons (Fsp3) is 0.333. The molecule has 0 fully saturated rings. The van der Waals surface area contributed by atoms with Crippen molar-refractivity contribution < 1.29 is 18.7 Å². The number of carbonyl (C=O) groups is 2. The second-order valence-corrected chi connectivity index (χ2v) is 4.89. The molecule has 0 saturated carbocycles. The summed E-state index contributed by atoms with van der Waals surface area (Å²) in [6, 6.07) is 2.48. The lowest BCUT2D eigenvalue weighted by Crippen LogP contribution is -2.28. The van der Waals surface area contributed by atoms with Crippen molar-refractivity contribution in [2.24, 2.45) is 0 Å². The largest absolute Gasteiger partial charge is 0.463 e. The molecule has 0 N–H and O–H groups in total. The van der Waals surface area contributed by atoms with Gasteiger partial charge in [0.25, 0.3) is 6.17 Å². The standard InChI is InChI=1S/C12H10Cl3FO3/c1-2-3-19-12(18)10(16)11(17)9-7(14)4-6(13)5-8(9)15/h4-5,10H,2-3H2,1H3. The fourth-order valence-corrected chi connectivity index (χ4v) is 2.29.